The van der Waals surface area contributed by atoms with E-state index in [1.807, 2.05) is 36.4 Å². The summed E-state index contributed by atoms with van der Waals surface area (Å²) in [5.74, 6) is 1.34. The number of benzene rings is 2. The van der Waals surface area contributed by atoms with E-state index in [-0.39, 0.29) is 24.4 Å². The number of hydrogen-bond donors (Lipinski definition) is 2. The van der Waals surface area contributed by atoms with Crippen LogP contribution in [0.1, 0.15) is 48.9 Å². The summed E-state index contributed by atoms with van der Waals surface area (Å²) < 4.78 is 5.13. The minimum atomic E-state index is -0.189. The standard InChI is InChI=1S/C21H28N2O2.ClH/c1-15(2)17-7-9-18(10-8-17)20(22)14-23-21(24)13-6-16-4-11-19(25-3)12-5-16;/h4-5,7-12,15,20H,6,13-14,22H2,1-3H3,(H,23,24);1H. The van der Waals surface area contributed by atoms with Gasteiger partial charge >= 0.3 is 0 Å². The molecule has 0 aliphatic rings. The molecule has 0 fully saturated rings. The number of nitrogens with two attached hydrogens (primary N) is 1. The van der Waals surface area contributed by atoms with Gasteiger partial charge in [0.1, 0.15) is 5.75 Å². The molecule has 0 radical (unpaired) electrons. The van der Waals surface area contributed by atoms with Gasteiger partial charge in [0, 0.05) is 19.0 Å². The molecular weight excluding hydrogens is 348 g/mol. The maximum absolute atomic E-state index is 12.0. The smallest absolute Gasteiger partial charge is 0.220 e. The molecule has 1 amide bonds. The van der Waals surface area contributed by atoms with Crippen LogP contribution in [0.5, 0.6) is 5.75 Å². The van der Waals surface area contributed by atoms with E-state index in [4.69, 9.17) is 10.5 Å². The van der Waals surface area contributed by atoms with Crippen molar-refractivity contribution in [1.82, 2.24) is 5.32 Å². The zero-order chi connectivity index (χ0) is 18.2. The van der Waals surface area contributed by atoms with Gasteiger partial charge in [0.05, 0.1) is 7.11 Å². The van der Waals surface area contributed by atoms with Gasteiger partial charge in [-0.25, -0.2) is 0 Å². The van der Waals surface area contributed by atoms with Crippen LogP contribution in [0, 0.1) is 0 Å². The predicted molar refractivity (Wildman–Crippen MR) is 109 cm³/mol. The van der Waals surface area contributed by atoms with Crippen LogP contribution in [0.25, 0.3) is 0 Å². The van der Waals surface area contributed by atoms with Gasteiger partial charge in [-0.15, -0.1) is 12.4 Å². The van der Waals surface area contributed by atoms with E-state index in [0.717, 1.165) is 16.9 Å². The number of amides is 1. The lowest BCUT2D eigenvalue weighted by atomic mass is 9.99. The molecule has 0 bridgehead atoms. The molecule has 2 aromatic carbocycles. The summed E-state index contributed by atoms with van der Waals surface area (Å²) >= 11 is 0. The molecule has 0 aliphatic heterocycles. The Labute approximate surface area is 162 Å². The van der Waals surface area contributed by atoms with E-state index in [2.05, 4.69) is 31.3 Å². The minimum Gasteiger partial charge on any atom is -0.497 e. The summed E-state index contributed by atoms with van der Waals surface area (Å²) in [6.07, 6.45) is 1.15. The zero-order valence-electron chi connectivity index (χ0n) is 15.7. The SMILES string of the molecule is COc1ccc(CCC(=O)NCC(N)c2ccc(C(C)C)cc2)cc1.Cl. The molecule has 1 unspecified atom stereocenters. The fraction of sp³-hybridized carbons (Fsp3) is 0.381. The van der Waals surface area contributed by atoms with E-state index in [1.165, 1.54) is 5.56 Å². The van der Waals surface area contributed by atoms with Crippen LogP contribution in [0.2, 0.25) is 0 Å². The minimum absolute atomic E-state index is 0. The molecule has 26 heavy (non-hydrogen) atoms. The normalized spacial score (nSPS) is 11.6. The summed E-state index contributed by atoms with van der Waals surface area (Å²) in [7, 11) is 1.64. The Bertz CT molecular complexity index is 669. The van der Waals surface area contributed by atoms with Crippen LogP contribution >= 0.6 is 12.4 Å². The lowest BCUT2D eigenvalue weighted by Gasteiger charge is -2.14. The van der Waals surface area contributed by atoms with Crippen molar-refractivity contribution in [3.8, 4) is 5.75 Å². The van der Waals surface area contributed by atoms with Crippen molar-refractivity contribution >= 4 is 18.3 Å². The molecule has 3 N–H and O–H groups in total. The molecule has 0 aromatic heterocycles. The second-order valence-corrected chi connectivity index (χ2v) is 6.58. The van der Waals surface area contributed by atoms with Crippen LogP contribution in [0.3, 0.4) is 0 Å². The van der Waals surface area contributed by atoms with Gasteiger partial charge in [-0.2, -0.15) is 0 Å². The van der Waals surface area contributed by atoms with E-state index in [1.54, 1.807) is 7.11 Å². The van der Waals surface area contributed by atoms with Crippen molar-refractivity contribution < 1.29 is 9.53 Å². The number of halogens is 1. The quantitative estimate of drug-likeness (QED) is 0.732. The molecule has 2 aromatic rings. The number of ether oxygens (including phenoxy) is 1. The molecule has 2 rings (SSSR count). The Balaban J connectivity index is 0.00000338. The summed E-state index contributed by atoms with van der Waals surface area (Å²) in [6.45, 7) is 4.78. The molecule has 4 nitrogen and oxygen atoms in total. The third kappa shape index (κ3) is 6.70. The van der Waals surface area contributed by atoms with Gasteiger partial charge < -0.3 is 15.8 Å². The number of methoxy groups -OCH3 is 1. The summed E-state index contributed by atoms with van der Waals surface area (Å²) in [5, 5.41) is 2.92. The molecule has 1 atom stereocenters. The largest absolute Gasteiger partial charge is 0.497 e. The second kappa shape index (κ2) is 10.8. The third-order valence-electron chi connectivity index (χ3n) is 4.35. The molecular formula is C21H29ClN2O2. The Morgan fingerprint density at radius 1 is 1.04 bits per heavy atom. The van der Waals surface area contributed by atoms with E-state index in [0.29, 0.717) is 25.3 Å². The molecule has 0 saturated heterocycles. The van der Waals surface area contributed by atoms with Crippen molar-refractivity contribution in [2.45, 2.75) is 38.6 Å². The van der Waals surface area contributed by atoms with Gasteiger partial charge in [0.2, 0.25) is 5.91 Å². The van der Waals surface area contributed by atoms with Gasteiger partial charge in [-0.05, 0) is 41.2 Å². The zero-order valence-corrected chi connectivity index (χ0v) is 16.5. The molecule has 0 heterocycles. The first-order valence-corrected chi connectivity index (χ1v) is 8.74. The molecule has 0 saturated carbocycles. The fourth-order valence-corrected chi connectivity index (χ4v) is 2.61. The monoisotopic (exact) mass is 376 g/mol. The lowest BCUT2D eigenvalue weighted by Crippen LogP contribution is -2.32. The van der Waals surface area contributed by atoms with Crippen LogP contribution in [0.15, 0.2) is 48.5 Å². The predicted octanol–water partition coefficient (Wildman–Crippen LogP) is 3.99. The van der Waals surface area contributed by atoms with E-state index < -0.39 is 0 Å². The highest BCUT2D eigenvalue weighted by Gasteiger charge is 2.09. The van der Waals surface area contributed by atoms with Crippen LogP contribution in [-0.2, 0) is 11.2 Å². The van der Waals surface area contributed by atoms with Crippen LogP contribution < -0.4 is 15.8 Å². The number of carbonyl (C=O) groups is 1. The number of aryl methyl sites for hydroxylation is 1. The highest BCUT2D eigenvalue weighted by Crippen LogP contribution is 2.17. The number of nitrogens with one attached hydrogen (secondary N) is 1. The van der Waals surface area contributed by atoms with Gasteiger partial charge in [-0.3, -0.25) is 4.79 Å². The average Bonchev–Trinajstić information content (AvgIpc) is 2.64. The average molecular weight is 377 g/mol. The first-order chi connectivity index (χ1) is 12.0. The Hall–Kier alpha value is -2.04. The number of rotatable bonds is 8. The Kier molecular flexibility index (Phi) is 9.17. The Morgan fingerprint density at radius 2 is 1.62 bits per heavy atom. The highest BCUT2D eigenvalue weighted by molar-refractivity contribution is 5.85. The molecule has 0 aliphatic carbocycles. The van der Waals surface area contributed by atoms with Crippen LogP contribution in [0.4, 0.5) is 0 Å². The molecule has 0 spiro atoms. The maximum Gasteiger partial charge on any atom is 0.220 e. The van der Waals surface area contributed by atoms with E-state index in [9.17, 15) is 4.79 Å². The highest BCUT2D eigenvalue weighted by atomic mass is 35.5. The topological polar surface area (TPSA) is 64.3 Å². The Morgan fingerprint density at radius 3 is 2.15 bits per heavy atom. The second-order valence-electron chi connectivity index (χ2n) is 6.58. The maximum atomic E-state index is 12.0. The molecule has 5 heteroatoms. The van der Waals surface area contributed by atoms with Gasteiger partial charge in [-0.1, -0.05) is 50.2 Å². The summed E-state index contributed by atoms with van der Waals surface area (Å²) in [4.78, 5) is 12.0. The fourth-order valence-electron chi connectivity index (χ4n) is 2.61. The van der Waals surface area contributed by atoms with Crippen LogP contribution in [-0.4, -0.2) is 19.6 Å². The van der Waals surface area contributed by atoms with Gasteiger partial charge in [0.15, 0.2) is 0 Å². The van der Waals surface area contributed by atoms with Crippen molar-refractivity contribution in [2.75, 3.05) is 13.7 Å². The number of carbonyl (C=O) groups excluding carboxylic acids is 1. The first-order valence-electron chi connectivity index (χ1n) is 8.74. The summed E-state index contributed by atoms with van der Waals surface area (Å²) in [6, 6.07) is 15.9. The lowest BCUT2D eigenvalue weighted by molar-refractivity contribution is -0.121. The first kappa shape index (κ1) is 22.0. The van der Waals surface area contributed by atoms with Gasteiger partial charge in [0.25, 0.3) is 0 Å². The summed E-state index contributed by atoms with van der Waals surface area (Å²) in [5.41, 5.74) is 9.63. The van der Waals surface area contributed by atoms with Crippen molar-refractivity contribution in [3.63, 3.8) is 0 Å². The van der Waals surface area contributed by atoms with E-state index >= 15 is 0 Å². The third-order valence-corrected chi connectivity index (χ3v) is 4.35. The number of hydrogen-bond acceptors (Lipinski definition) is 3. The van der Waals surface area contributed by atoms with Crippen molar-refractivity contribution in [3.05, 3.63) is 65.2 Å². The molecule has 142 valence electrons. The van der Waals surface area contributed by atoms with Crippen molar-refractivity contribution in [2.24, 2.45) is 5.73 Å². The van der Waals surface area contributed by atoms with Crippen molar-refractivity contribution in [1.29, 1.82) is 0 Å².